The molecule has 170 valence electrons. The van der Waals surface area contributed by atoms with E-state index in [4.69, 9.17) is 9.15 Å². The van der Waals surface area contributed by atoms with E-state index in [1.807, 2.05) is 36.4 Å². The Bertz CT molecular complexity index is 1370. The van der Waals surface area contributed by atoms with Gasteiger partial charge in [-0.2, -0.15) is 0 Å². The number of nitrogens with zero attached hydrogens (tertiary/aromatic N) is 2. The summed E-state index contributed by atoms with van der Waals surface area (Å²) < 4.78 is 11.1. The fraction of sp³-hybridized carbons (Fsp3) is 0.120. The lowest BCUT2D eigenvalue weighted by molar-refractivity contribution is -0.124. The maximum absolute atomic E-state index is 12.8. The van der Waals surface area contributed by atoms with Crippen LogP contribution >= 0.6 is 11.8 Å². The number of amides is 2. The fourth-order valence-electron chi connectivity index (χ4n) is 3.64. The van der Waals surface area contributed by atoms with Crippen molar-refractivity contribution in [2.45, 2.75) is 11.0 Å². The Kier molecular flexibility index (Phi) is 6.01. The van der Waals surface area contributed by atoms with Gasteiger partial charge in [-0.25, -0.2) is 9.78 Å². The first-order valence-corrected chi connectivity index (χ1v) is 11.5. The summed E-state index contributed by atoms with van der Waals surface area (Å²) in [5.74, 6) is -0.961. The quantitative estimate of drug-likeness (QED) is 0.330. The Hall–Kier alpha value is -4.11. The molecule has 1 aromatic heterocycles. The number of nitrogens with one attached hydrogen (secondary N) is 1. The van der Waals surface area contributed by atoms with E-state index in [1.165, 1.54) is 16.7 Å². The van der Waals surface area contributed by atoms with Crippen molar-refractivity contribution in [2.75, 3.05) is 23.4 Å². The van der Waals surface area contributed by atoms with Crippen LogP contribution in [0.1, 0.15) is 15.9 Å². The van der Waals surface area contributed by atoms with Crippen molar-refractivity contribution in [3.8, 4) is 0 Å². The smallest absolute Gasteiger partial charge is 0.338 e. The van der Waals surface area contributed by atoms with Crippen LogP contribution in [0.2, 0.25) is 0 Å². The molecule has 0 bridgehead atoms. The average molecular weight is 474 g/mol. The predicted molar refractivity (Wildman–Crippen MR) is 128 cm³/mol. The minimum absolute atomic E-state index is 0.134. The molecule has 0 spiro atoms. The van der Waals surface area contributed by atoms with Crippen LogP contribution in [-0.4, -0.2) is 35.9 Å². The number of carbonyl (C=O) groups excluding carboxylic acids is 3. The summed E-state index contributed by atoms with van der Waals surface area (Å²) in [6.45, 7) is -0.613. The predicted octanol–water partition coefficient (Wildman–Crippen LogP) is 4.26. The third kappa shape index (κ3) is 4.51. The number of anilines is 2. The standard InChI is InChI=1S/C25H19N3O5S/c29-22-13-28(20-11-5-3-9-18(20)26-22)23(30)14-32-24(31)17-8-2-1-7-16(17)15-34-25-27-19-10-4-6-12-21(19)33-25/h1-12H,13-15H2,(H,26,29). The minimum Gasteiger partial charge on any atom is -0.452 e. The van der Waals surface area contributed by atoms with Crippen LogP contribution in [0.5, 0.6) is 0 Å². The number of fused-ring (bicyclic) bond motifs is 2. The molecule has 0 aliphatic carbocycles. The molecule has 3 aromatic carbocycles. The molecule has 1 aliphatic rings. The largest absolute Gasteiger partial charge is 0.452 e. The van der Waals surface area contributed by atoms with Crippen LogP contribution in [0.25, 0.3) is 11.1 Å². The summed E-state index contributed by atoms with van der Waals surface area (Å²) in [4.78, 5) is 43.3. The highest BCUT2D eigenvalue weighted by molar-refractivity contribution is 7.98. The molecule has 1 N–H and O–H groups in total. The second-order valence-electron chi connectivity index (χ2n) is 7.51. The number of rotatable bonds is 6. The average Bonchev–Trinajstić information content (AvgIpc) is 3.28. The number of hydrogen-bond donors (Lipinski definition) is 1. The maximum Gasteiger partial charge on any atom is 0.338 e. The third-order valence-electron chi connectivity index (χ3n) is 5.26. The molecule has 1 aliphatic heterocycles. The molecule has 8 nitrogen and oxygen atoms in total. The molecule has 34 heavy (non-hydrogen) atoms. The first-order valence-electron chi connectivity index (χ1n) is 10.5. The van der Waals surface area contributed by atoms with Gasteiger partial charge in [-0.3, -0.25) is 14.5 Å². The summed E-state index contributed by atoms with van der Waals surface area (Å²) in [6.07, 6.45) is 0. The van der Waals surface area contributed by atoms with Crippen LogP contribution < -0.4 is 10.2 Å². The number of oxazole rings is 1. The van der Waals surface area contributed by atoms with Crippen LogP contribution in [0, 0.1) is 0 Å². The number of benzene rings is 3. The van der Waals surface area contributed by atoms with Crippen LogP contribution in [0.3, 0.4) is 0 Å². The van der Waals surface area contributed by atoms with E-state index in [1.54, 1.807) is 36.4 Å². The van der Waals surface area contributed by atoms with Gasteiger partial charge < -0.3 is 14.5 Å². The number of aromatic nitrogens is 1. The van der Waals surface area contributed by atoms with Gasteiger partial charge in [0.25, 0.3) is 11.1 Å². The topological polar surface area (TPSA) is 102 Å². The molecule has 0 saturated heterocycles. The van der Waals surface area contributed by atoms with Gasteiger partial charge in [-0.15, -0.1) is 0 Å². The second kappa shape index (κ2) is 9.40. The van der Waals surface area contributed by atoms with Crippen molar-refractivity contribution >= 4 is 52.0 Å². The zero-order chi connectivity index (χ0) is 23.5. The minimum atomic E-state index is -0.614. The monoisotopic (exact) mass is 473 g/mol. The number of carbonyl (C=O) groups is 3. The summed E-state index contributed by atoms with van der Waals surface area (Å²) in [5.41, 5.74) is 3.66. The molecular weight excluding hydrogens is 454 g/mol. The van der Waals surface area contributed by atoms with E-state index >= 15 is 0 Å². The normalized spacial score (nSPS) is 12.8. The van der Waals surface area contributed by atoms with Gasteiger partial charge in [0.1, 0.15) is 12.1 Å². The molecule has 9 heteroatoms. The van der Waals surface area contributed by atoms with Crippen LogP contribution in [-0.2, 0) is 20.1 Å². The van der Waals surface area contributed by atoms with Crippen LogP contribution in [0.4, 0.5) is 11.4 Å². The van der Waals surface area contributed by atoms with Crippen molar-refractivity contribution in [2.24, 2.45) is 0 Å². The highest BCUT2D eigenvalue weighted by atomic mass is 32.2. The van der Waals surface area contributed by atoms with Gasteiger partial charge in [-0.1, -0.05) is 54.2 Å². The number of ether oxygens (including phenoxy) is 1. The van der Waals surface area contributed by atoms with E-state index < -0.39 is 18.5 Å². The molecule has 4 aromatic rings. The molecular formula is C25H19N3O5S. The SMILES string of the molecule is O=C1CN(C(=O)COC(=O)c2ccccc2CSc2nc3ccccc3o2)c2ccccc2N1. The van der Waals surface area contributed by atoms with E-state index in [0.29, 0.717) is 33.5 Å². The highest BCUT2D eigenvalue weighted by Gasteiger charge is 2.27. The molecule has 0 radical (unpaired) electrons. The lowest BCUT2D eigenvalue weighted by Crippen LogP contribution is -2.44. The first-order chi connectivity index (χ1) is 16.6. The first kappa shape index (κ1) is 21.7. The van der Waals surface area contributed by atoms with Gasteiger partial charge in [0.2, 0.25) is 5.91 Å². The number of hydrogen-bond acceptors (Lipinski definition) is 7. The van der Waals surface area contributed by atoms with E-state index in [-0.39, 0.29) is 12.5 Å². The Morgan fingerprint density at radius 3 is 2.68 bits per heavy atom. The Morgan fingerprint density at radius 1 is 1.03 bits per heavy atom. The number of thioether (sulfide) groups is 1. The van der Waals surface area contributed by atoms with Crippen molar-refractivity contribution in [3.05, 3.63) is 83.9 Å². The van der Waals surface area contributed by atoms with Gasteiger partial charge in [-0.05, 0) is 35.9 Å². The van der Waals surface area contributed by atoms with Gasteiger partial charge in [0, 0.05) is 5.75 Å². The van der Waals surface area contributed by atoms with Gasteiger partial charge >= 0.3 is 5.97 Å². The third-order valence-corrected chi connectivity index (χ3v) is 6.14. The van der Waals surface area contributed by atoms with Crippen molar-refractivity contribution in [1.82, 2.24) is 4.98 Å². The Morgan fingerprint density at radius 2 is 1.79 bits per heavy atom. The molecule has 0 atom stereocenters. The summed E-state index contributed by atoms with van der Waals surface area (Å²) >= 11 is 1.37. The molecule has 0 fully saturated rings. The molecule has 5 rings (SSSR count). The zero-order valence-corrected chi connectivity index (χ0v) is 18.7. The molecule has 2 heterocycles. The van der Waals surface area contributed by atoms with Gasteiger partial charge in [0.15, 0.2) is 12.2 Å². The summed E-state index contributed by atoms with van der Waals surface area (Å²) in [6, 6.07) is 21.5. The van der Waals surface area contributed by atoms with Crippen molar-refractivity contribution < 1.29 is 23.5 Å². The number of para-hydroxylation sites is 4. The summed E-state index contributed by atoms with van der Waals surface area (Å²) in [7, 11) is 0. The molecule has 0 unspecified atom stereocenters. The lowest BCUT2D eigenvalue weighted by Gasteiger charge is -2.28. The highest BCUT2D eigenvalue weighted by Crippen LogP contribution is 2.29. The van der Waals surface area contributed by atoms with Gasteiger partial charge in [0.05, 0.1) is 16.9 Å². The zero-order valence-electron chi connectivity index (χ0n) is 17.9. The second-order valence-corrected chi connectivity index (χ2v) is 8.44. The van der Waals surface area contributed by atoms with Crippen molar-refractivity contribution in [3.63, 3.8) is 0 Å². The maximum atomic E-state index is 12.8. The van der Waals surface area contributed by atoms with Crippen molar-refractivity contribution in [1.29, 1.82) is 0 Å². The van der Waals surface area contributed by atoms with E-state index in [2.05, 4.69) is 10.3 Å². The number of esters is 1. The molecule has 0 saturated carbocycles. The van der Waals surface area contributed by atoms with E-state index in [0.717, 1.165) is 11.1 Å². The van der Waals surface area contributed by atoms with E-state index in [9.17, 15) is 14.4 Å². The Labute approximate surface area is 198 Å². The summed E-state index contributed by atoms with van der Waals surface area (Å²) in [5, 5.41) is 3.22. The Balaban J connectivity index is 1.25. The fourth-order valence-corrected chi connectivity index (χ4v) is 4.48. The van der Waals surface area contributed by atoms with Crippen LogP contribution in [0.15, 0.2) is 82.4 Å². The lowest BCUT2D eigenvalue weighted by atomic mass is 10.1. The molecule has 2 amide bonds.